The molecule has 2 rings (SSSR count). The summed E-state index contributed by atoms with van der Waals surface area (Å²) in [5.74, 6) is -1.48. The average molecular weight is 279 g/mol. The van der Waals surface area contributed by atoms with Crippen molar-refractivity contribution >= 4 is 18.0 Å². The number of carbonyl (C=O) groups excluding carboxylic acids is 3. The van der Waals surface area contributed by atoms with E-state index in [1.54, 1.807) is 0 Å². The normalized spacial score (nSPS) is 19.4. The molecule has 2 N–H and O–H groups in total. The van der Waals surface area contributed by atoms with Crippen molar-refractivity contribution in [1.82, 2.24) is 15.8 Å². The molecule has 1 aromatic rings. The highest BCUT2D eigenvalue weighted by atomic mass is 19.1. The zero-order valence-corrected chi connectivity index (χ0v) is 10.6. The van der Waals surface area contributed by atoms with E-state index in [2.05, 4.69) is 10.7 Å². The lowest BCUT2D eigenvalue weighted by molar-refractivity contribution is -0.134. The number of ketones is 1. The molecule has 0 radical (unpaired) electrons. The van der Waals surface area contributed by atoms with Gasteiger partial charge in [-0.25, -0.2) is 9.40 Å². The molecular weight excluding hydrogens is 265 g/mol. The van der Waals surface area contributed by atoms with Crippen LogP contribution in [0.15, 0.2) is 24.3 Å². The molecule has 0 saturated carbocycles. The van der Waals surface area contributed by atoms with Crippen LogP contribution in [0.1, 0.15) is 10.4 Å². The van der Waals surface area contributed by atoms with E-state index in [4.69, 9.17) is 0 Å². The van der Waals surface area contributed by atoms with Gasteiger partial charge in [0.05, 0.1) is 0 Å². The SMILES string of the molecule is O=CC(=O)C1CNCCN1NC(=O)c1ccc(F)cc1. The number of halogens is 1. The summed E-state index contributed by atoms with van der Waals surface area (Å²) in [6.07, 6.45) is 0.245. The molecular formula is C13H14FN3O3. The van der Waals surface area contributed by atoms with E-state index in [-0.39, 0.29) is 11.8 Å². The average Bonchev–Trinajstić information content (AvgIpc) is 2.47. The minimum Gasteiger partial charge on any atom is -0.313 e. The van der Waals surface area contributed by atoms with Crippen molar-refractivity contribution in [2.75, 3.05) is 19.6 Å². The first kappa shape index (κ1) is 14.3. The van der Waals surface area contributed by atoms with E-state index in [1.165, 1.54) is 29.3 Å². The summed E-state index contributed by atoms with van der Waals surface area (Å²) in [5.41, 5.74) is 2.85. The summed E-state index contributed by atoms with van der Waals surface area (Å²) >= 11 is 0. The van der Waals surface area contributed by atoms with Crippen LogP contribution in [0, 0.1) is 5.82 Å². The van der Waals surface area contributed by atoms with Crippen LogP contribution >= 0.6 is 0 Å². The van der Waals surface area contributed by atoms with Gasteiger partial charge in [0.2, 0.25) is 5.78 Å². The monoisotopic (exact) mass is 279 g/mol. The van der Waals surface area contributed by atoms with Crippen LogP contribution in [0.4, 0.5) is 4.39 Å². The van der Waals surface area contributed by atoms with Crippen LogP contribution in [0.25, 0.3) is 0 Å². The Morgan fingerprint density at radius 2 is 2.05 bits per heavy atom. The Morgan fingerprint density at radius 3 is 2.70 bits per heavy atom. The minimum absolute atomic E-state index is 0.245. The number of amides is 1. The van der Waals surface area contributed by atoms with Gasteiger partial charge in [0, 0.05) is 25.2 Å². The van der Waals surface area contributed by atoms with Crippen LogP contribution in [0.2, 0.25) is 0 Å². The third kappa shape index (κ3) is 3.25. The van der Waals surface area contributed by atoms with Gasteiger partial charge in [0.1, 0.15) is 11.9 Å². The Morgan fingerprint density at radius 1 is 1.35 bits per heavy atom. The third-order valence-corrected chi connectivity index (χ3v) is 3.04. The maximum Gasteiger partial charge on any atom is 0.265 e. The molecule has 1 aliphatic rings. The van der Waals surface area contributed by atoms with E-state index < -0.39 is 23.5 Å². The number of hydrogen-bond donors (Lipinski definition) is 2. The molecule has 0 aliphatic carbocycles. The van der Waals surface area contributed by atoms with Crippen LogP contribution < -0.4 is 10.7 Å². The van der Waals surface area contributed by atoms with E-state index in [1.807, 2.05) is 0 Å². The zero-order valence-electron chi connectivity index (χ0n) is 10.6. The summed E-state index contributed by atoms with van der Waals surface area (Å²) < 4.78 is 12.8. The van der Waals surface area contributed by atoms with Crippen molar-refractivity contribution in [3.05, 3.63) is 35.6 Å². The first-order valence-corrected chi connectivity index (χ1v) is 6.15. The van der Waals surface area contributed by atoms with Crippen molar-refractivity contribution < 1.29 is 18.8 Å². The predicted octanol–water partition coefficient (Wildman–Crippen LogP) is -0.488. The highest BCUT2D eigenvalue weighted by Gasteiger charge is 2.29. The molecule has 20 heavy (non-hydrogen) atoms. The Kier molecular flexibility index (Phi) is 4.54. The second kappa shape index (κ2) is 6.36. The van der Waals surface area contributed by atoms with Gasteiger partial charge < -0.3 is 5.32 Å². The number of rotatable bonds is 4. The second-order valence-electron chi connectivity index (χ2n) is 4.38. The summed E-state index contributed by atoms with van der Waals surface area (Å²) in [4.78, 5) is 34.1. The molecule has 106 valence electrons. The Hall–Kier alpha value is -2.12. The number of nitrogens with zero attached hydrogens (tertiary/aromatic N) is 1. The number of aldehydes is 1. The van der Waals surface area contributed by atoms with Gasteiger partial charge in [-0.3, -0.25) is 19.8 Å². The number of piperazine rings is 1. The number of hydrazine groups is 1. The summed E-state index contributed by atoms with van der Waals surface area (Å²) in [7, 11) is 0. The first-order valence-electron chi connectivity index (χ1n) is 6.15. The second-order valence-corrected chi connectivity index (χ2v) is 4.38. The molecule has 7 heteroatoms. The quantitative estimate of drug-likeness (QED) is 0.574. The molecule has 1 amide bonds. The van der Waals surface area contributed by atoms with Crippen molar-refractivity contribution in [3.63, 3.8) is 0 Å². The molecule has 0 spiro atoms. The molecule has 1 fully saturated rings. The van der Waals surface area contributed by atoms with Crippen molar-refractivity contribution in [1.29, 1.82) is 0 Å². The zero-order chi connectivity index (χ0) is 14.5. The molecule has 1 aliphatic heterocycles. The van der Waals surface area contributed by atoms with E-state index in [9.17, 15) is 18.8 Å². The third-order valence-electron chi connectivity index (χ3n) is 3.04. The molecule has 1 atom stereocenters. The van der Waals surface area contributed by atoms with Gasteiger partial charge in [0.25, 0.3) is 5.91 Å². The van der Waals surface area contributed by atoms with Gasteiger partial charge in [0.15, 0.2) is 6.29 Å². The van der Waals surface area contributed by atoms with Gasteiger partial charge in [-0.15, -0.1) is 0 Å². The number of benzene rings is 1. The van der Waals surface area contributed by atoms with Gasteiger partial charge in [-0.1, -0.05) is 0 Å². The Bertz CT molecular complexity index is 518. The lowest BCUT2D eigenvalue weighted by Gasteiger charge is -2.34. The molecule has 1 heterocycles. The number of carbonyl (C=O) groups is 3. The molecule has 1 unspecified atom stereocenters. The summed E-state index contributed by atoms with van der Waals surface area (Å²) in [6, 6.07) is 4.35. The van der Waals surface area contributed by atoms with Crippen molar-refractivity contribution in [3.8, 4) is 0 Å². The smallest absolute Gasteiger partial charge is 0.265 e. The fourth-order valence-electron chi connectivity index (χ4n) is 1.97. The summed E-state index contributed by atoms with van der Waals surface area (Å²) in [6.45, 7) is 1.28. The van der Waals surface area contributed by atoms with Crippen LogP contribution in [-0.4, -0.2) is 48.7 Å². The standard InChI is InChI=1S/C13H14FN3O3/c14-10-3-1-9(2-4-10)13(20)16-17-6-5-15-7-11(17)12(19)8-18/h1-4,8,11,15H,5-7H2,(H,16,20). The van der Waals surface area contributed by atoms with Crippen LogP contribution in [0.3, 0.4) is 0 Å². The Balaban J connectivity index is 2.06. The summed E-state index contributed by atoms with van der Waals surface area (Å²) in [5, 5.41) is 4.41. The highest BCUT2D eigenvalue weighted by molar-refractivity contribution is 6.27. The highest BCUT2D eigenvalue weighted by Crippen LogP contribution is 2.05. The maximum atomic E-state index is 12.8. The number of Topliss-reactive ketones (excluding diaryl/α,β-unsaturated/α-hetero) is 1. The van der Waals surface area contributed by atoms with Gasteiger partial charge in [-0.2, -0.15) is 0 Å². The predicted molar refractivity (Wildman–Crippen MR) is 68.3 cm³/mol. The minimum atomic E-state index is -0.717. The molecule has 6 nitrogen and oxygen atoms in total. The van der Waals surface area contributed by atoms with E-state index in [0.29, 0.717) is 19.6 Å². The van der Waals surface area contributed by atoms with Gasteiger partial charge >= 0.3 is 0 Å². The van der Waals surface area contributed by atoms with Crippen molar-refractivity contribution in [2.24, 2.45) is 0 Å². The lowest BCUT2D eigenvalue weighted by Crippen LogP contribution is -2.61. The van der Waals surface area contributed by atoms with Crippen molar-refractivity contribution in [2.45, 2.75) is 6.04 Å². The first-order chi connectivity index (χ1) is 9.61. The molecule has 1 saturated heterocycles. The van der Waals surface area contributed by atoms with Crippen LogP contribution in [0.5, 0.6) is 0 Å². The fraction of sp³-hybridized carbons (Fsp3) is 0.308. The molecule has 0 aromatic heterocycles. The number of nitrogens with one attached hydrogen (secondary N) is 2. The molecule has 0 bridgehead atoms. The van der Waals surface area contributed by atoms with E-state index >= 15 is 0 Å². The fourth-order valence-corrected chi connectivity index (χ4v) is 1.97. The number of hydrogen-bond acceptors (Lipinski definition) is 5. The van der Waals surface area contributed by atoms with Gasteiger partial charge in [-0.05, 0) is 24.3 Å². The molecule has 1 aromatic carbocycles. The van der Waals surface area contributed by atoms with Crippen LogP contribution in [-0.2, 0) is 9.59 Å². The Labute approximate surface area is 114 Å². The van der Waals surface area contributed by atoms with E-state index in [0.717, 1.165) is 0 Å². The topological polar surface area (TPSA) is 78.5 Å². The largest absolute Gasteiger partial charge is 0.313 e. The maximum absolute atomic E-state index is 12.8. The lowest BCUT2D eigenvalue weighted by atomic mass is 10.1.